The van der Waals surface area contributed by atoms with Gasteiger partial charge in [0.2, 0.25) is 0 Å². The zero-order valence-electron chi connectivity index (χ0n) is 14.8. The SMILES string of the molecule is Cc1ccc(O)c(CNc2ccccc2CN2CCC(CO)CC2)n1. The Labute approximate surface area is 149 Å². The predicted molar refractivity (Wildman–Crippen MR) is 99.5 cm³/mol. The van der Waals surface area contributed by atoms with Gasteiger partial charge in [-0.2, -0.15) is 0 Å². The molecule has 134 valence electrons. The van der Waals surface area contributed by atoms with Gasteiger partial charge in [-0.3, -0.25) is 9.88 Å². The number of aromatic nitrogens is 1. The molecule has 3 N–H and O–H groups in total. The number of nitrogens with one attached hydrogen (secondary N) is 1. The summed E-state index contributed by atoms with van der Waals surface area (Å²) in [5.74, 6) is 0.682. The van der Waals surface area contributed by atoms with Gasteiger partial charge in [-0.05, 0) is 62.5 Å². The summed E-state index contributed by atoms with van der Waals surface area (Å²) in [6, 6.07) is 11.8. The second-order valence-electron chi connectivity index (χ2n) is 6.83. The van der Waals surface area contributed by atoms with Gasteiger partial charge < -0.3 is 15.5 Å². The highest BCUT2D eigenvalue weighted by Crippen LogP contribution is 2.23. The Bertz CT molecular complexity index is 697. The van der Waals surface area contributed by atoms with Gasteiger partial charge in [-0.25, -0.2) is 0 Å². The Morgan fingerprint density at radius 1 is 1.16 bits per heavy atom. The van der Waals surface area contributed by atoms with E-state index in [9.17, 15) is 10.2 Å². The number of nitrogens with zero attached hydrogens (tertiary/aromatic N) is 2. The van der Waals surface area contributed by atoms with Crippen LogP contribution in [0.3, 0.4) is 0 Å². The number of rotatable bonds is 6. The minimum Gasteiger partial charge on any atom is -0.506 e. The molecular formula is C20H27N3O2. The maximum Gasteiger partial charge on any atom is 0.138 e. The van der Waals surface area contributed by atoms with Crippen LogP contribution >= 0.6 is 0 Å². The average molecular weight is 341 g/mol. The van der Waals surface area contributed by atoms with Crippen LogP contribution in [0, 0.1) is 12.8 Å². The number of hydrogen-bond acceptors (Lipinski definition) is 5. The van der Waals surface area contributed by atoms with Gasteiger partial charge in [-0.1, -0.05) is 18.2 Å². The standard InChI is InChI=1S/C20H27N3O2/c1-15-6-7-20(25)19(22-15)12-21-18-5-3-2-4-17(18)13-23-10-8-16(14-24)9-11-23/h2-7,16,21,24-25H,8-14H2,1H3. The molecule has 1 aliphatic heterocycles. The van der Waals surface area contributed by atoms with Gasteiger partial charge in [0.15, 0.2) is 0 Å². The van der Waals surface area contributed by atoms with Gasteiger partial charge in [-0.15, -0.1) is 0 Å². The summed E-state index contributed by atoms with van der Waals surface area (Å²) in [5, 5.41) is 22.7. The van der Waals surface area contributed by atoms with Crippen LogP contribution in [-0.4, -0.2) is 39.8 Å². The molecule has 0 saturated carbocycles. The van der Waals surface area contributed by atoms with Crippen molar-refractivity contribution in [3.63, 3.8) is 0 Å². The molecule has 0 aliphatic carbocycles. The van der Waals surface area contributed by atoms with Crippen molar-refractivity contribution in [2.45, 2.75) is 32.9 Å². The number of aromatic hydroxyl groups is 1. The van der Waals surface area contributed by atoms with Gasteiger partial charge >= 0.3 is 0 Å². The summed E-state index contributed by atoms with van der Waals surface area (Å²) in [5.41, 5.74) is 3.89. The number of pyridine rings is 1. The number of aliphatic hydroxyl groups is 1. The molecule has 1 aromatic carbocycles. The lowest BCUT2D eigenvalue weighted by atomic mass is 9.97. The minimum atomic E-state index is 0.224. The predicted octanol–water partition coefficient (Wildman–Crippen LogP) is 2.91. The van der Waals surface area contributed by atoms with Crippen molar-refractivity contribution in [2.75, 3.05) is 25.0 Å². The van der Waals surface area contributed by atoms with E-state index in [1.807, 2.05) is 19.1 Å². The molecule has 25 heavy (non-hydrogen) atoms. The molecular weight excluding hydrogens is 314 g/mol. The number of piperidine rings is 1. The van der Waals surface area contributed by atoms with Crippen LogP contribution in [0.2, 0.25) is 0 Å². The van der Waals surface area contributed by atoms with Crippen LogP contribution in [0.25, 0.3) is 0 Å². The average Bonchev–Trinajstić information content (AvgIpc) is 2.64. The van der Waals surface area contributed by atoms with Crippen LogP contribution in [0.4, 0.5) is 5.69 Å². The maximum absolute atomic E-state index is 9.96. The van der Waals surface area contributed by atoms with Crippen molar-refractivity contribution < 1.29 is 10.2 Å². The summed E-state index contributed by atoms with van der Waals surface area (Å²) >= 11 is 0. The molecule has 5 nitrogen and oxygen atoms in total. The van der Waals surface area contributed by atoms with Crippen molar-refractivity contribution in [2.24, 2.45) is 5.92 Å². The van der Waals surface area contributed by atoms with Crippen molar-refractivity contribution >= 4 is 5.69 Å². The molecule has 2 aromatic rings. The quantitative estimate of drug-likeness (QED) is 0.754. The van der Waals surface area contributed by atoms with Gasteiger partial charge in [0.25, 0.3) is 0 Å². The summed E-state index contributed by atoms with van der Waals surface area (Å²) in [6.07, 6.45) is 2.13. The van der Waals surface area contributed by atoms with E-state index in [1.54, 1.807) is 6.07 Å². The summed E-state index contributed by atoms with van der Waals surface area (Å²) in [4.78, 5) is 6.84. The van der Waals surface area contributed by atoms with Crippen LogP contribution in [0.15, 0.2) is 36.4 Å². The van der Waals surface area contributed by atoms with Crippen LogP contribution in [-0.2, 0) is 13.1 Å². The molecule has 1 fully saturated rings. The first-order chi connectivity index (χ1) is 12.2. The number of anilines is 1. The number of hydrogen-bond donors (Lipinski definition) is 3. The summed E-state index contributed by atoms with van der Waals surface area (Å²) < 4.78 is 0. The molecule has 1 aromatic heterocycles. The van der Waals surface area contributed by atoms with Crippen LogP contribution in [0.1, 0.15) is 29.8 Å². The maximum atomic E-state index is 9.96. The zero-order chi connectivity index (χ0) is 17.6. The smallest absolute Gasteiger partial charge is 0.138 e. The number of aliphatic hydroxyl groups excluding tert-OH is 1. The second-order valence-corrected chi connectivity index (χ2v) is 6.83. The third-order valence-corrected chi connectivity index (χ3v) is 4.91. The van der Waals surface area contributed by atoms with Crippen LogP contribution in [0.5, 0.6) is 5.75 Å². The summed E-state index contributed by atoms with van der Waals surface area (Å²) in [7, 11) is 0. The Hall–Kier alpha value is -2.11. The number of benzene rings is 1. The van der Waals surface area contributed by atoms with E-state index in [0.29, 0.717) is 24.8 Å². The first kappa shape index (κ1) is 17.7. The lowest BCUT2D eigenvalue weighted by molar-refractivity contribution is 0.127. The lowest BCUT2D eigenvalue weighted by Crippen LogP contribution is -2.34. The molecule has 0 unspecified atom stereocenters. The molecule has 2 heterocycles. The van der Waals surface area contributed by atoms with Crippen molar-refractivity contribution in [1.29, 1.82) is 0 Å². The molecule has 0 atom stereocenters. The molecule has 0 amide bonds. The van der Waals surface area contributed by atoms with Crippen molar-refractivity contribution in [1.82, 2.24) is 9.88 Å². The molecule has 0 bridgehead atoms. The Morgan fingerprint density at radius 2 is 1.92 bits per heavy atom. The fourth-order valence-electron chi connectivity index (χ4n) is 3.31. The highest BCUT2D eigenvalue weighted by molar-refractivity contribution is 5.51. The molecule has 0 spiro atoms. The number of para-hydroxylation sites is 1. The van der Waals surface area contributed by atoms with E-state index < -0.39 is 0 Å². The molecule has 1 aliphatic rings. The minimum absolute atomic E-state index is 0.224. The van der Waals surface area contributed by atoms with E-state index in [4.69, 9.17) is 0 Å². The Morgan fingerprint density at radius 3 is 2.68 bits per heavy atom. The summed E-state index contributed by atoms with van der Waals surface area (Å²) in [6.45, 7) is 5.68. The van der Waals surface area contributed by atoms with E-state index in [2.05, 4.69) is 33.4 Å². The van der Waals surface area contributed by atoms with Crippen molar-refractivity contribution in [3.05, 3.63) is 53.3 Å². The topological polar surface area (TPSA) is 68.6 Å². The van der Waals surface area contributed by atoms with Crippen LogP contribution < -0.4 is 5.32 Å². The molecule has 0 radical (unpaired) electrons. The number of likely N-dealkylation sites (tertiary alicyclic amines) is 1. The Kier molecular flexibility index (Phi) is 5.89. The van der Waals surface area contributed by atoms with E-state index in [1.165, 1.54) is 5.56 Å². The second kappa shape index (κ2) is 8.32. The van der Waals surface area contributed by atoms with E-state index in [0.717, 1.165) is 43.9 Å². The Balaban J connectivity index is 1.64. The zero-order valence-corrected chi connectivity index (χ0v) is 14.8. The first-order valence-corrected chi connectivity index (χ1v) is 8.96. The van der Waals surface area contributed by atoms with Gasteiger partial charge in [0.05, 0.1) is 6.54 Å². The number of aryl methyl sites for hydroxylation is 1. The fourth-order valence-corrected chi connectivity index (χ4v) is 3.31. The third kappa shape index (κ3) is 4.71. The highest BCUT2D eigenvalue weighted by atomic mass is 16.3. The van der Waals surface area contributed by atoms with Crippen molar-refractivity contribution in [3.8, 4) is 5.75 Å². The molecule has 1 saturated heterocycles. The highest BCUT2D eigenvalue weighted by Gasteiger charge is 2.19. The molecule has 5 heteroatoms. The van der Waals surface area contributed by atoms with E-state index >= 15 is 0 Å². The third-order valence-electron chi connectivity index (χ3n) is 4.91. The largest absolute Gasteiger partial charge is 0.506 e. The van der Waals surface area contributed by atoms with E-state index in [-0.39, 0.29) is 5.75 Å². The first-order valence-electron chi connectivity index (χ1n) is 8.96. The fraction of sp³-hybridized carbons (Fsp3) is 0.450. The molecule has 3 rings (SSSR count). The van der Waals surface area contributed by atoms with Gasteiger partial charge in [0.1, 0.15) is 11.4 Å². The van der Waals surface area contributed by atoms with Gasteiger partial charge in [0, 0.05) is 24.5 Å². The monoisotopic (exact) mass is 341 g/mol. The normalized spacial score (nSPS) is 16.1. The lowest BCUT2D eigenvalue weighted by Gasteiger charge is -2.31.